The van der Waals surface area contributed by atoms with Gasteiger partial charge in [0, 0.05) is 31.8 Å². The molecule has 0 aliphatic rings. The van der Waals surface area contributed by atoms with E-state index in [1.165, 1.54) is 6.92 Å². The van der Waals surface area contributed by atoms with Gasteiger partial charge in [0.25, 0.3) is 0 Å². The number of primary amides is 1. The van der Waals surface area contributed by atoms with Crippen LogP contribution in [0, 0.1) is 11.3 Å². The lowest BCUT2D eigenvalue weighted by atomic mass is 10.3. The van der Waals surface area contributed by atoms with Crippen LogP contribution in [0.25, 0.3) is 0 Å². The van der Waals surface area contributed by atoms with Gasteiger partial charge < -0.3 is 16.0 Å². The number of nitrogens with one attached hydrogen (secondary N) is 2. The molecule has 2 amide bonds. The number of aromatic amines is 1. The van der Waals surface area contributed by atoms with Crippen molar-refractivity contribution in [1.29, 1.82) is 5.26 Å². The summed E-state index contributed by atoms with van der Waals surface area (Å²) in [6, 6.07) is 1.78. The molecule has 17 heavy (non-hydrogen) atoms. The summed E-state index contributed by atoms with van der Waals surface area (Å²) >= 11 is 0. The van der Waals surface area contributed by atoms with Crippen LogP contribution in [-0.2, 0) is 16.0 Å². The third kappa shape index (κ3) is 9.93. The highest BCUT2D eigenvalue weighted by Crippen LogP contribution is 1.90. The van der Waals surface area contributed by atoms with Gasteiger partial charge in [0.1, 0.15) is 6.42 Å². The second-order valence-corrected chi connectivity index (χ2v) is 3.12. The van der Waals surface area contributed by atoms with Crippen molar-refractivity contribution in [3.8, 4) is 6.07 Å². The number of carbonyl (C=O) groups is 2. The number of nitriles is 1. The number of aromatic nitrogens is 2. The smallest absolute Gasteiger partial charge is 0.234 e. The lowest BCUT2D eigenvalue weighted by molar-refractivity contribution is -0.120. The Morgan fingerprint density at radius 1 is 1.65 bits per heavy atom. The topological polar surface area (TPSA) is 125 Å². The Morgan fingerprint density at radius 3 is 2.76 bits per heavy atom. The van der Waals surface area contributed by atoms with Crippen LogP contribution in [0.5, 0.6) is 0 Å². The molecular formula is C10H15N5O2. The molecule has 0 aromatic carbocycles. The Hall–Kier alpha value is -2.36. The van der Waals surface area contributed by atoms with Crippen LogP contribution in [0.1, 0.15) is 19.0 Å². The van der Waals surface area contributed by atoms with Gasteiger partial charge in [0.2, 0.25) is 11.8 Å². The number of nitrogens with zero attached hydrogens (tertiary/aromatic N) is 2. The van der Waals surface area contributed by atoms with Crippen LogP contribution in [0.3, 0.4) is 0 Å². The lowest BCUT2D eigenvalue weighted by Gasteiger charge is -1.99. The fraction of sp³-hybridized carbons (Fsp3) is 0.400. The van der Waals surface area contributed by atoms with Gasteiger partial charge >= 0.3 is 0 Å². The molecule has 0 fully saturated rings. The molecular weight excluding hydrogens is 222 g/mol. The minimum Gasteiger partial charge on any atom is -0.370 e. The first-order valence-electron chi connectivity index (χ1n) is 4.93. The molecule has 1 aromatic rings. The van der Waals surface area contributed by atoms with Crippen LogP contribution < -0.4 is 11.1 Å². The van der Waals surface area contributed by atoms with Gasteiger partial charge in [-0.3, -0.25) is 9.59 Å². The van der Waals surface area contributed by atoms with E-state index < -0.39 is 0 Å². The zero-order chi connectivity index (χ0) is 13.1. The van der Waals surface area contributed by atoms with Crippen molar-refractivity contribution in [2.45, 2.75) is 19.8 Å². The highest BCUT2D eigenvalue weighted by molar-refractivity contribution is 5.77. The van der Waals surface area contributed by atoms with Crippen molar-refractivity contribution >= 4 is 11.8 Å². The predicted octanol–water partition coefficient (Wildman–Crippen LogP) is -0.526. The quantitative estimate of drug-likeness (QED) is 0.651. The number of rotatable bonds is 4. The summed E-state index contributed by atoms with van der Waals surface area (Å²) in [4.78, 5) is 26.8. The molecule has 1 heterocycles. The highest BCUT2D eigenvalue weighted by Gasteiger charge is 1.98. The van der Waals surface area contributed by atoms with Gasteiger partial charge in [-0.2, -0.15) is 5.26 Å². The molecule has 92 valence electrons. The molecule has 1 rings (SSSR count). The Labute approximate surface area is 99.0 Å². The molecule has 0 unspecified atom stereocenters. The molecule has 7 nitrogen and oxygen atoms in total. The van der Waals surface area contributed by atoms with Crippen LogP contribution in [-0.4, -0.2) is 28.3 Å². The molecule has 4 N–H and O–H groups in total. The van der Waals surface area contributed by atoms with E-state index in [0.29, 0.717) is 13.0 Å². The molecule has 0 aliphatic carbocycles. The number of H-pyrrole nitrogens is 1. The van der Waals surface area contributed by atoms with E-state index in [9.17, 15) is 9.59 Å². The van der Waals surface area contributed by atoms with Gasteiger partial charge in [-0.05, 0) is 0 Å². The fourth-order valence-corrected chi connectivity index (χ4v) is 0.892. The van der Waals surface area contributed by atoms with Crippen molar-refractivity contribution in [2.24, 2.45) is 5.73 Å². The Morgan fingerprint density at radius 2 is 2.29 bits per heavy atom. The maximum atomic E-state index is 10.8. The maximum Gasteiger partial charge on any atom is 0.234 e. The summed E-state index contributed by atoms with van der Waals surface area (Å²) in [5, 5.41) is 10.8. The molecule has 0 aliphatic heterocycles. The molecule has 7 heteroatoms. The van der Waals surface area contributed by atoms with E-state index in [2.05, 4.69) is 21.0 Å². The van der Waals surface area contributed by atoms with Crippen molar-refractivity contribution < 1.29 is 9.59 Å². The Balaban J connectivity index is 0.000000557. The molecule has 0 radical (unpaired) electrons. The number of carbonyl (C=O) groups excluding carboxylic acids is 2. The SMILES string of the molecule is CC(N)=O.N#CCC(=O)NCCc1cnc[nH]1. The van der Waals surface area contributed by atoms with Crippen molar-refractivity contribution in [1.82, 2.24) is 15.3 Å². The van der Waals surface area contributed by atoms with E-state index in [0.717, 1.165) is 5.69 Å². The summed E-state index contributed by atoms with van der Waals surface area (Å²) < 4.78 is 0. The van der Waals surface area contributed by atoms with Crippen LogP contribution in [0.4, 0.5) is 0 Å². The Bertz CT molecular complexity index is 376. The normalized spacial score (nSPS) is 8.47. The zero-order valence-corrected chi connectivity index (χ0v) is 9.56. The first kappa shape index (κ1) is 14.6. The minimum absolute atomic E-state index is 0.0804. The summed E-state index contributed by atoms with van der Waals surface area (Å²) in [7, 11) is 0. The maximum absolute atomic E-state index is 10.8. The molecule has 0 spiro atoms. The van der Waals surface area contributed by atoms with Crippen molar-refractivity contribution in [2.75, 3.05) is 6.54 Å². The summed E-state index contributed by atoms with van der Waals surface area (Å²) in [6.07, 6.45) is 3.92. The second-order valence-electron chi connectivity index (χ2n) is 3.12. The lowest BCUT2D eigenvalue weighted by Crippen LogP contribution is -2.24. The minimum atomic E-state index is -0.333. The molecule has 1 aromatic heterocycles. The van der Waals surface area contributed by atoms with Crippen molar-refractivity contribution in [3.63, 3.8) is 0 Å². The zero-order valence-electron chi connectivity index (χ0n) is 9.56. The number of hydrogen-bond donors (Lipinski definition) is 3. The summed E-state index contributed by atoms with van der Waals surface area (Å²) in [5.41, 5.74) is 5.44. The van der Waals surface area contributed by atoms with E-state index in [1.54, 1.807) is 18.6 Å². The molecule has 0 saturated heterocycles. The molecule has 0 atom stereocenters. The number of hydrogen-bond acceptors (Lipinski definition) is 4. The van der Waals surface area contributed by atoms with E-state index in [4.69, 9.17) is 5.26 Å². The third-order valence-corrected chi connectivity index (χ3v) is 1.51. The number of nitrogens with two attached hydrogens (primary N) is 1. The standard InChI is InChI=1S/C8H10N4O.C2H5NO/c9-3-1-8(13)11-4-2-7-5-10-6-12-7;1-2(3)4/h5-6H,1-2,4H2,(H,10,12)(H,11,13);1H3,(H2,3,4). The van der Waals surface area contributed by atoms with Gasteiger partial charge in [-0.25, -0.2) is 4.98 Å². The van der Waals surface area contributed by atoms with Crippen LogP contribution in [0.2, 0.25) is 0 Å². The van der Waals surface area contributed by atoms with E-state index in [1.807, 2.05) is 0 Å². The molecule has 0 saturated carbocycles. The highest BCUT2D eigenvalue weighted by atomic mass is 16.1. The van der Waals surface area contributed by atoms with Gasteiger partial charge in [0.05, 0.1) is 12.4 Å². The van der Waals surface area contributed by atoms with Gasteiger partial charge in [0.15, 0.2) is 0 Å². The average Bonchev–Trinajstić information content (AvgIpc) is 2.70. The van der Waals surface area contributed by atoms with Crippen LogP contribution >= 0.6 is 0 Å². The first-order chi connectivity index (χ1) is 8.06. The van der Waals surface area contributed by atoms with E-state index in [-0.39, 0.29) is 18.2 Å². The third-order valence-electron chi connectivity index (χ3n) is 1.51. The predicted molar refractivity (Wildman–Crippen MR) is 60.4 cm³/mol. The van der Waals surface area contributed by atoms with Crippen LogP contribution in [0.15, 0.2) is 12.5 Å². The average molecular weight is 237 g/mol. The largest absolute Gasteiger partial charge is 0.370 e. The number of imidazole rings is 1. The first-order valence-corrected chi connectivity index (χ1v) is 4.93. The van der Waals surface area contributed by atoms with Crippen molar-refractivity contribution in [3.05, 3.63) is 18.2 Å². The monoisotopic (exact) mass is 237 g/mol. The Kier molecular flexibility index (Phi) is 7.67. The van der Waals surface area contributed by atoms with Gasteiger partial charge in [-0.1, -0.05) is 0 Å². The summed E-state index contributed by atoms with van der Waals surface area (Å²) in [5.74, 6) is -0.568. The number of amides is 2. The fourth-order valence-electron chi connectivity index (χ4n) is 0.892. The molecule has 0 bridgehead atoms. The second kappa shape index (κ2) is 8.91. The van der Waals surface area contributed by atoms with Gasteiger partial charge in [-0.15, -0.1) is 0 Å². The van der Waals surface area contributed by atoms with E-state index >= 15 is 0 Å². The summed E-state index contributed by atoms with van der Waals surface area (Å²) in [6.45, 7) is 1.84.